The van der Waals surface area contributed by atoms with Crippen LogP contribution in [0.15, 0.2) is 6.20 Å². The molecule has 2 fully saturated rings. The molecule has 2 saturated carbocycles. The van der Waals surface area contributed by atoms with Crippen molar-refractivity contribution in [2.45, 2.75) is 57.1 Å². The maximum Gasteiger partial charge on any atom is 0.241 e. The SMILES string of the molecule is O=C(Cn1cc(C2CC2)nn1)NCC1CCCC(O)C1. The van der Waals surface area contributed by atoms with Crippen LogP contribution in [0.5, 0.6) is 0 Å². The van der Waals surface area contributed by atoms with Gasteiger partial charge in [0.1, 0.15) is 6.54 Å². The van der Waals surface area contributed by atoms with Crippen LogP contribution in [-0.2, 0) is 11.3 Å². The van der Waals surface area contributed by atoms with Gasteiger partial charge in [0, 0.05) is 18.7 Å². The van der Waals surface area contributed by atoms with E-state index >= 15 is 0 Å². The molecule has 0 radical (unpaired) electrons. The van der Waals surface area contributed by atoms with Gasteiger partial charge in [-0.1, -0.05) is 11.6 Å². The molecule has 2 aliphatic carbocycles. The second-order valence-corrected chi connectivity index (χ2v) is 6.11. The highest BCUT2D eigenvalue weighted by Gasteiger charge is 2.26. The molecule has 0 aliphatic heterocycles. The normalized spacial score (nSPS) is 26.4. The lowest BCUT2D eigenvalue weighted by molar-refractivity contribution is -0.122. The fraction of sp³-hybridized carbons (Fsp3) is 0.786. The zero-order valence-electron chi connectivity index (χ0n) is 11.7. The predicted octanol–water partition coefficient (Wildman–Crippen LogP) is 0.823. The summed E-state index contributed by atoms with van der Waals surface area (Å²) >= 11 is 0. The molecule has 3 rings (SSSR count). The van der Waals surface area contributed by atoms with Gasteiger partial charge in [-0.2, -0.15) is 0 Å². The Labute approximate surface area is 118 Å². The lowest BCUT2D eigenvalue weighted by Crippen LogP contribution is -2.34. The van der Waals surface area contributed by atoms with Gasteiger partial charge in [-0.15, -0.1) is 5.10 Å². The van der Waals surface area contributed by atoms with Gasteiger partial charge in [0.15, 0.2) is 0 Å². The van der Waals surface area contributed by atoms with Gasteiger partial charge in [-0.25, -0.2) is 4.68 Å². The minimum absolute atomic E-state index is 0.0303. The quantitative estimate of drug-likeness (QED) is 0.836. The van der Waals surface area contributed by atoms with Gasteiger partial charge in [-0.3, -0.25) is 4.79 Å². The van der Waals surface area contributed by atoms with Crippen LogP contribution in [0.4, 0.5) is 0 Å². The zero-order valence-corrected chi connectivity index (χ0v) is 11.7. The van der Waals surface area contributed by atoms with Crippen molar-refractivity contribution in [3.63, 3.8) is 0 Å². The van der Waals surface area contributed by atoms with Gasteiger partial charge in [0.05, 0.1) is 11.8 Å². The molecule has 110 valence electrons. The van der Waals surface area contributed by atoms with E-state index in [2.05, 4.69) is 15.6 Å². The van der Waals surface area contributed by atoms with Crippen molar-refractivity contribution >= 4 is 5.91 Å². The second kappa shape index (κ2) is 5.91. The molecule has 0 aromatic carbocycles. The van der Waals surface area contributed by atoms with E-state index in [4.69, 9.17) is 0 Å². The molecule has 1 aromatic rings. The smallest absolute Gasteiger partial charge is 0.241 e. The van der Waals surface area contributed by atoms with Crippen LogP contribution >= 0.6 is 0 Å². The Hall–Kier alpha value is -1.43. The first-order valence-electron chi connectivity index (χ1n) is 7.55. The molecular formula is C14H22N4O2. The van der Waals surface area contributed by atoms with E-state index in [1.807, 2.05) is 6.20 Å². The fourth-order valence-electron chi connectivity index (χ4n) is 2.87. The number of hydrogen-bond acceptors (Lipinski definition) is 4. The van der Waals surface area contributed by atoms with Gasteiger partial charge in [0.2, 0.25) is 5.91 Å². The van der Waals surface area contributed by atoms with Gasteiger partial charge < -0.3 is 10.4 Å². The van der Waals surface area contributed by atoms with Crippen molar-refractivity contribution in [1.82, 2.24) is 20.3 Å². The number of aromatic nitrogens is 3. The summed E-state index contributed by atoms with van der Waals surface area (Å²) < 4.78 is 1.61. The van der Waals surface area contributed by atoms with Crippen LogP contribution in [0, 0.1) is 5.92 Å². The Bertz CT molecular complexity index is 469. The van der Waals surface area contributed by atoms with Crippen molar-refractivity contribution in [3.8, 4) is 0 Å². The molecule has 1 amide bonds. The van der Waals surface area contributed by atoms with Crippen molar-refractivity contribution < 1.29 is 9.90 Å². The molecule has 2 aliphatic rings. The van der Waals surface area contributed by atoms with E-state index in [0.29, 0.717) is 18.4 Å². The predicted molar refractivity (Wildman–Crippen MR) is 73.0 cm³/mol. The van der Waals surface area contributed by atoms with Crippen molar-refractivity contribution in [1.29, 1.82) is 0 Å². The van der Waals surface area contributed by atoms with Crippen LogP contribution in [0.3, 0.4) is 0 Å². The number of nitrogens with zero attached hydrogens (tertiary/aromatic N) is 3. The van der Waals surface area contributed by atoms with Crippen LogP contribution in [0.2, 0.25) is 0 Å². The third-order valence-electron chi connectivity index (χ3n) is 4.20. The third kappa shape index (κ3) is 3.56. The van der Waals surface area contributed by atoms with E-state index in [1.54, 1.807) is 4.68 Å². The summed E-state index contributed by atoms with van der Waals surface area (Å²) in [6.07, 6.45) is 7.90. The van der Waals surface area contributed by atoms with Crippen LogP contribution in [0.25, 0.3) is 0 Å². The summed E-state index contributed by atoms with van der Waals surface area (Å²) in [5.41, 5.74) is 1.01. The number of amides is 1. The fourth-order valence-corrected chi connectivity index (χ4v) is 2.87. The number of aliphatic hydroxyl groups is 1. The number of rotatable bonds is 5. The first kappa shape index (κ1) is 13.5. The number of carbonyl (C=O) groups is 1. The highest BCUT2D eigenvalue weighted by Crippen LogP contribution is 2.38. The molecule has 2 atom stereocenters. The average molecular weight is 278 g/mol. The topological polar surface area (TPSA) is 80.0 Å². The maximum atomic E-state index is 11.9. The molecule has 2 N–H and O–H groups in total. The molecule has 6 heteroatoms. The van der Waals surface area contributed by atoms with E-state index in [1.165, 1.54) is 12.8 Å². The largest absolute Gasteiger partial charge is 0.393 e. The zero-order chi connectivity index (χ0) is 13.9. The lowest BCUT2D eigenvalue weighted by atomic mass is 9.87. The van der Waals surface area contributed by atoms with E-state index in [-0.39, 0.29) is 18.6 Å². The van der Waals surface area contributed by atoms with E-state index in [0.717, 1.165) is 31.4 Å². The first-order chi connectivity index (χ1) is 9.70. The first-order valence-corrected chi connectivity index (χ1v) is 7.55. The van der Waals surface area contributed by atoms with E-state index < -0.39 is 0 Å². The van der Waals surface area contributed by atoms with Crippen LogP contribution < -0.4 is 5.32 Å². The molecule has 1 heterocycles. The Morgan fingerprint density at radius 1 is 1.40 bits per heavy atom. The third-order valence-corrected chi connectivity index (χ3v) is 4.20. The summed E-state index contributed by atoms with van der Waals surface area (Å²) in [7, 11) is 0. The van der Waals surface area contributed by atoms with Crippen LogP contribution in [0.1, 0.15) is 50.1 Å². The van der Waals surface area contributed by atoms with Gasteiger partial charge in [-0.05, 0) is 38.0 Å². The number of carbonyl (C=O) groups excluding carboxylic acids is 1. The summed E-state index contributed by atoms with van der Waals surface area (Å²) in [4.78, 5) is 11.9. The number of nitrogens with one attached hydrogen (secondary N) is 1. The molecule has 2 unspecified atom stereocenters. The van der Waals surface area contributed by atoms with Crippen molar-refractivity contribution in [2.75, 3.05) is 6.54 Å². The van der Waals surface area contributed by atoms with Gasteiger partial charge in [0.25, 0.3) is 0 Å². The minimum Gasteiger partial charge on any atom is -0.393 e. The standard InChI is InChI=1S/C14H22N4O2/c19-12-3-1-2-10(6-12)7-15-14(20)9-18-8-13(16-17-18)11-4-5-11/h8,10-12,19H,1-7,9H2,(H,15,20). The van der Waals surface area contributed by atoms with Crippen LogP contribution in [-0.4, -0.2) is 38.7 Å². The summed E-state index contributed by atoms with van der Waals surface area (Å²) in [5.74, 6) is 0.938. The van der Waals surface area contributed by atoms with Crippen molar-refractivity contribution in [2.24, 2.45) is 5.92 Å². The summed E-state index contributed by atoms with van der Waals surface area (Å²) in [6, 6.07) is 0. The van der Waals surface area contributed by atoms with Crippen molar-refractivity contribution in [3.05, 3.63) is 11.9 Å². The Balaban J connectivity index is 1.42. The molecule has 1 aromatic heterocycles. The lowest BCUT2D eigenvalue weighted by Gasteiger charge is -2.25. The monoisotopic (exact) mass is 278 g/mol. The minimum atomic E-state index is -0.193. The Kier molecular flexibility index (Phi) is 4.00. The second-order valence-electron chi connectivity index (χ2n) is 6.11. The highest BCUT2D eigenvalue weighted by molar-refractivity contribution is 5.75. The molecular weight excluding hydrogens is 256 g/mol. The molecule has 20 heavy (non-hydrogen) atoms. The molecule has 0 spiro atoms. The average Bonchev–Trinajstić information content (AvgIpc) is 3.18. The van der Waals surface area contributed by atoms with E-state index in [9.17, 15) is 9.90 Å². The molecule has 0 saturated heterocycles. The Morgan fingerprint density at radius 2 is 2.25 bits per heavy atom. The maximum absolute atomic E-state index is 11.9. The number of aliphatic hydroxyl groups excluding tert-OH is 1. The molecule has 0 bridgehead atoms. The summed E-state index contributed by atoms with van der Waals surface area (Å²) in [5, 5.41) is 20.6. The molecule has 6 nitrogen and oxygen atoms in total. The Morgan fingerprint density at radius 3 is 3.00 bits per heavy atom. The highest BCUT2D eigenvalue weighted by atomic mass is 16.3. The van der Waals surface area contributed by atoms with Gasteiger partial charge >= 0.3 is 0 Å². The number of hydrogen-bond donors (Lipinski definition) is 2. The summed E-state index contributed by atoms with van der Waals surface area (Å²) in [6.45, 7) is 0.884.